The number of aliphatic imine (C=N–C) groups is 1. The number of nitrogens with zero attached hydrogens (tertiary/aromatic N) is 2. The number of rotatable bonds is 8. The van der Waals surface area contributed by atoms with Gasteiger partial charge in [-0.15, -0.1) is 0 Å². The Bertz CT molecular complexity index is 273. The van der Waals surface area contributed by atoms with Gasteiger partial charge in [0.25, 0.3) is 0 Å². The SMILES string of the molecule is CCCCCCCC1(C)CN=C(N)N1CC(C)C. The van der Waals surface area contributed by atoms with Gasteiger partial charge in [-0.25, -0.2) is 0 Å². The first-order chi connectivity index (χ1) is 8.49. The third kappa shape index (κ3) is 4.18. The van der Waals surface area contributed by atoms with Crippen molar-refractivity contribution in [3.63, 3.8) is 0 Å². The summed E-state index contributed by atoms with van der Waals surface area (Å²) in [6.07, 6.45) is 7.91. The molecule has 0 bridgehead atoms. The number of unbranched alkanes of at least 4 members (excludes halogenated alkanes) is 4. The summed E-state index contributed by atoms with van der Waals surface area (Å²) in [5, 5.41) is 0. The van der Waals surface area contributed by atoms with E-state index in [0.29, 0.717) is 5.92 Å². The number of guanidine groups is 1. The molecule has 0 spiro atoms. The van der Waals surface area contributed by atoms with Crippen LogP contribution in [0, 0.1) is 5.92 Å². The Balaban J connectivity index is 2.41. The van der Waals surface area contributed by atoms with E-state index in [2.05, 4.69) is 37.6 Å². The van der Waals surface area contributed by atoms with Gasteiger partial charge in [-0.3, -0.25) is 4.99 Å². The maximum atomic E-state index is 6.03. The molecule has 106 valence electrons. The lowest BCUT2D eigenvalue weighted by Crippen LogP contribution is -2.51. The van der Waals surface area contributed by atoms with Crippen LogP contribution in [0.4, 0.5) is 0 Å². The molecule has 1 unspecified atom stereocenters. The molecule has 0 saturated heterocycles. The topological polar surface area (TPSA) is 41.6 Å². The quantitative estimate of drug-likeness (QED) is 0.674. The van der Waals surface area contributed by atoms with Crippen LogP contribution in [-0.4, -0.2) is 29.5 Å². The highest BCUT2D eigenvalue weighted by atomic mass is 15.3. The molecule has 0 aromatic carbocycles. The van der Waals surface area contributed by atoms with Gasteiger partial charge in [0.15, 0.2) is 5.96 Å². The van der Waals surface area contributed by atoms with Gasteiger partial charge in [0.2, 0.25) is 0 Å². The van der Waals surface area contributed by atoms with Crippen LogP contribution >= 0.6 is 0 Å². The lowest BCUT2D eigenvalue weighted by atomic mass is 9.92. The average molecular weight is 253 g/mol. The second-order valence-electron chi connectivity index (χ2n) is 6.34. The van der Waals surface area contributed by atoms with Crippen molar-refractivity contribution in [3.8, 4) is 0 Å². The smallest absolute Gasteiger partial charge is 0.191 e. The average Bonchev–Trinajstić information content (AvgIpc) is 2.57. The molecule has 3 heteroatoms. The molecule has 1 aliphatic rings. The van der Waals surface area contributed by atoms with Crippen molar-refractivity contribution in [2.45, 2.75) is 71.8 Å². The van der Waals surface area contributed by atoms with E-state index in [-0.39, 0.29) is 5.54 Å². The van der Waals surface area contributed by atoms with E-state index in [9.17, 15) is 0 Å². The van der Waals surface area contributed by atoms with Crippen LogP contribution in [0.2, 0.25) is 0 Å². The maximum Gasteiger partial charge on any atom is 0.191 e. The third-order valence-electron chi connectivity index (χ3n) is 3.88. The van der Waals surface area contributed by atoms with Crippen LogP contribution in [0.5, 0.6) is 0 Å². The number of hydrogen-bond acceptors (Lipinski definition) is 3. The van der Waals surface area contributed by atoms with Crippen molar-refractivity contribution >= 4 is 5.96 Å². The predicted molar refractivity (Wildman–Crippen MR) is 79.8 cm³/mol. The standard InChI is InChI=1S/C15H31N3/c1-5-6-7-8-9-10-15(4)12-17-14(16)18(15)11-13(2)3/h13H,5-12H2,1-4H3,(H2,16,17). The molecule has 0 saturated carbocycles. The molecule has 0 aromatic rings. The van der Waals surface area contributed by atoms with E-state index < -0.39 is 0 Å². The summed E-state index contributed by atoms with van der Waals surface area (Å²) >= 11 is 0. The summed E-state index contributed by atoms with van der Waals surface area (Å²) in [6, 6.07) is 0. The van der Waals surface area contributed by atoms with Crippen LogP contribution in [0.25, 0.3) is 0 Å². The van der Waals surface area contributed by atoms with Gasteiger partial charge in [0.1, 0.15) is 0 Å². The predicted octanol–water partition coefficient (Wildman–Crippen LogP) is 3.39. The van der Waals surface area contributed by atoms with Crippen molar-refractivity contribution in [2.75, 3.05) is 13.1 Å². The first-order valence-electron chi connectivity index (χ1n) is 7.57. The zero-order valence-corrected chi connectivity index (χ0v) is 12.7. The molecule has 0 radical (unpaired) electrons. The highest BCUT2D eigenvalue weighted by Crippen LogP contribution is 2.28. The zero-order valence-electron chi connectivity index (χ0n) is 12.7. The second-order valence-corrected chi connectivity index (χ2v) is 6.34. The molecule has 1 aliphatic heterocycles. The molecule has 1 rings (SSSR count). The van der Waals surface area contributed by atoms with Crippen LogP contribution in [0.15, 0.2) is 4.99 Å². The van der Waals surface area contributed by atoms with Crippen LogP contribution in [0.3, 0.4) is 0 Å². The molecule has 0 aromatic heterocycles. The summed E-state index contributed by atoms with van der Waals surface area (Å²) in [5.41, 5.74) is 6.20. The number of nitrogens with two attached hydrogens (primary N) is 1. The first kappa shape index (κ1) is 15.3. The Hall–Kier alpha value is -0.730. The zero-order chi connectivity index (χ0) is 13.6. The van der Waals surface area contributed by atoms with Crippen molar-refractivity contribution in [3.05, 3.63) is 0 Å². The second kappa shape index (κ2) is 7.01. The van der Waals surface area contributed by atoms with Crippen LogP contribution < -0.4 is 5.73 Å². The maximum absolute atomic E-state index is 6.03. The van der Waals surface area contributed by atoms with Gasteiger partial charge >= 0.3 is 0 Å². The molecule has 3 nitrogen and oxygen atoms in total. The summed E-state index contributed by atoms with van der Waals surface area (Å²) in [7, 11) is 0. The van der Waals surface area contributed by atoms with E-state index >= 15 is 0 Å². The Morgan fingerprint density at radius 2 is 1.94 bits per heavy atom. The number of hydrogen-bond donors (Lipinski definition) is 1. The normalized spacial score (nSPS) is 23.8. The molecule has 2 N–H and O–H groups in total. The lowest BCUT2D eigenvalue weighted by molar-refractivity contribution is 0.185. The minimum atomic E-state index is 0.167. The Kier molecular flexibility index (Phi) is 5.97. The van der Waals surface area contributed by atoms with Gasteiger partial charge in [0.05, 0.1) is 12.1 Å². The monoisotopic (exact) mass is 253 g/mol. The van der Waals surface area contributed by atoms with Crippen LogP contribution in [0.1, 0.15) is 66.2 Å². The Labute approximate surface area is 113 Å². The molecule has 0 aliphatic carbocycles. The molecular weight excluding hydrogens is 222 g/mol. The fraction of sp³-hybridized carbons (Fsp3) is 0.933. The molecule has 18 heavy (non-hydrogen) atoms. The van der Waals surface area contributed by atoms with E-state index in [1.54, 1.807) is 0 Å². The van der Waals surface area contributed by atoms with Gasteiger partial charge in [-0.1, -0.05) is 52.9 Å². The molecule has 0 amide bonds. The summed E-state index contributed by atoms with van der Waals surface area (Å²) in [6.45, 7) is 11.0. The van der Waals surface area contributed by atoms with Crippen molar-refractivity contribution in [2.24, 2.45) is 16.6 Å². The fourth-order valence-electron chi connectivity index (χ4n) is 2.70. The highest BCUT2D eigenvalue weighted by molar-refractivity contribution is 5.80. The largest absolute Gasteiger partial charge is 0.370 e. The van der Waals surface area contributed by atoms with Gasteiger partial charge in [0, 0.05) is 6.54 Å². The first-order valence-corrected chi connectivity index (χ1v) is 7.57. The summed E-state index contributed by atoms with van der Waals surface area (Å²) < 4.78 is 0. The minimum Gasteiger partial charge on any atom is -0.370 e. The summed E-state index contributed by atoms with van der Waals surface area (Å²) in [4.78, 5) is 6.79. The highest BCUT2D eigenvalue weighted by Gasteiger charge is 2.37. The molecule has 1 heterocycles. The Morgan fingerprint density at radius 1 is 1.28 bits per heavy atom. The Morgan fingerprint density at radius 3 is 2.56 bits per heavy atom. The third-order valence-corrected chi connectivity index (χ3v) is 3.88. The van der Waals surface area contributed by atoms with Crippen molar-refractivity contribution in [1.29, 1.82) is 0 Å². The van der Waals surface area contributed by atoms with E-state index in [4.69, 9.17) is 5.73 Å². The van der Waals surface area contributed by atoms with Gasteiger partial charge in [-0.2, -0.15) is 0 Å². The lowest BCUT2D eigenvalue weighted by Gasteiger charge is -2.37. The molecule has 1 atom stereocenters. The van der Waals surface area contributed by atoms with Gasteiger partial charge < -0.3 is 10.6 Å². The van der Waals surface area contributed by atoms with Crippen molar-refractivity contribution in [1.82, 2.24) is 4.90 Å². The van der Waals surface area contributed by atoms with Crippen molar-refractivity contribution < 1.29 is 0 Å². The van der Waals surface area contributed by atoms with E-state index in [1.165, 1.54) is 38.5 Å². The summed E-state index contributed by atoms with van der Waals surface area (Å²) in [5.74, 6) is 1.39. The fourth-order valence-corrected chi connectivity index (χ4v) is 2.70. The van der Waals surface area contributed by atoms with E-state index in [0.717, 1.165) is 19.0 Å². The molecule has 0 fully saturated rings. The van der Waals surface area contributed by atoms with E-state index in [1.807, 2.05) is 0 Å². The minimum absolute atomic E-state index is 0.167. The van der Waals surface area contributed by atoms with Gasteiger partial charge in [-0.05, 0) is 19.3 Å². The van der Waals surface area contributed by atoms with Crippen LogP contribution in [-0.2, 0) is 0 Å². The molecular formula is C15H31N3.